The monoisotopic (exact) mass is 460 g/mol. The van der Waals surface area contributed by atoms with Crippen LogP contribution in [-0.4, -0.2) is 62.9 Å². The third-order valence-electron chi connectivity index (χ3n) is 5.20. The lowest BCUT2D eigenvalue weighted by molar-refractivity contribution is -0.133. The third-order valence-corrected chi connectivity index (χ3v) is 7.11. The van der Waals surface area contributed by atoms with E-state index < -0.39 is 22.6 Å². The molecule has 1 saturated heterocycles. The van der Waals surface area contributed by atoms with Gasteiger partial charge in [0.05, 0.1) is 17.1 Å². The number of benzene rings is 2. The highest BCUT2D eigenvalue weighted by atomic mass is 32.2. The highest BCUT2D eigenvalue weighted by molar-refractivity contribution is 7.89. The van der Waals surface area contributed by atoms with Crippen LogP contribution in [0.2, 0.25) is 0 Å². The summed E-state index contributed by atoms with van der Waals surface area (Å²) in [6.07, 6.45) is 1.70. The molecular weight excluding hydrogens is 432 g/mol. The van der Waals surface area contributed by atoms with Gasteiger partial charge in [0.15, 0.2) is 6.61 Å². The third kappa shape index (κ3) is 5.86. The van der Waals surface area contributed by atoms with E-state index in [2.05, 4.69) is 0 Å². The van der Waals surface area contributed by atoms with Crippen molar-refractivity contribution in [2.24, 2.45) is 0 Å². The van der Waals surface area contributed by atoms with Gasteiger partial charge in [0.1, 0.15) is 5.75 Å². The van der Waals surface area contributed by atoms with Gasteiger partial charge in [-0.15, -0.1) is 0 Å². The van der Waals surface area contributed by atoms with Gasteiger partial charge in [-0.05, 0) is 61.7 Å². The van der Waals surface area contributed by atoms with Crippen molar-refractivity contribution >= 4 is 21.9 Å². The first-order valence-corrected chi connectivity index (χ1v) is 12.0. The number of carbonyl (C=O) groups is 2. The maximum Gasteiger partial charge on any atom is 0.338 e. The van der Waals surface area contributed by atoms with Gasteiger partial charge >= 0.3 is 5.97 Å². The lowest BCUT2D eigenvalue weighted by atomic mass is 10.2. The predicted octanol–water partition coefficient (Wildman–Crippen LogP) is 2.69. The molecule has 9 heteroatoms. The molecule has 0 saturated carbocycles. The van der Waals surface area contributed by atoms with Crippen LogP contribution in [0, 0.1) is 0 Å². The number of likely N-dealkylation sites (N-methyl/N-ethyl adjacent to an activating group) is 1. The minimum Gasteiger partial charge on any atom is -0.494 e. The maximum absolute atomic E-state index is 12.6. The van der Waals surface area contributed by atoms with E-state index in [0.717, 1.165) is 24.2 Å². The van der Waals surface area contributed by atoms with Crippen LogP contribution in [0.5, 0.6) is 5.75 Å². The van der Waals surface area contributed by atoms with E-state index in [1.54, 1.807) is 7.05 Å². The van der Waals surface area contributed by atoms with Crippen molar-refractivity contribution in [2.45, 2.75) is 31.2 Å². The van der Waals surface area contributed by atoms with Gasteiger partial charge in [0, 0.05) is 26.7 Å². The van der Waals surface area contributed by atoms with Gasteiger partial charge in [0.25, 0.3) is 5.91 Å². The Morgan fingerprint density at radius 1 is 1.00 bits per heavy atom. The van der Waals surface area contributed by atoms with Crippen molar-refractivity contribution < 1.29 is 27.5 Å². The van der Waals surface area contributed by atoms with Crippen molar-refractivity contribution in [1.82, 2.24) is 9.21 Å². The molecule has 1 fully saturated rings. The van der Waals surface area contributed by atoms with Crippen LogP contribution in [0.15, 0.2) is 53.4 Å². The Labute approximate surface area is 188 Å². The average molecular weight is 461 g/mol. The van der Waals surface area contributed by atoms with Crippen LogP contribution in [0.1, 0.15) is 35.7 Å². The number of nitrogens with zero attached hydrogens (tertiary/aromatic N) is 2. The Kier molecular flexibility index (Phi) is 7.87. The Morgan fingerprint density at radius 3 is 2.22 bits per heavy atom. The maximum atomic E-state index is 12.6. The van der Waals surface area contributed by atoms with E-state index in [0.29, 0.717) is 26.2 Å². The fourth-order valence-corrected chi connectivity index (χ4v) is 4.90. The summed E-state index contributed by atoms with van der Waals surface area (Å²) in [5.41, 5.74) is 1.11. The largest absolute Gasteiger partial charge is 0.494 e. The summed E-state index contributed by atoms with van der Waals surface area (Å²) in [5, 5.41) is 0. The van der Waals surface area contributed by atoms with E-state index in [-0.39, 0.29) is 16.4 Å². The van der Waals surface area contributed by atoms with Gasteiger partial charge in [-0.3, -0.25) is 4.79 Å². The molecule has 172 valence electrons. The molecule has 3 rings (SSSR count). The van der Waals surface area contributed by atoms with E-state index in [1.807, 2.05) is 31.2 Å². The average Bonchev–Trinajstić information content (AvgIpc) is 3.35. The summed E-state index contributed by atoms with van der Waals surface area (Å²) in [7, 11) is -1.91. The van der Waals surface area contributed by atoms with Gasteiger partial charge in [-0.2, -0.15) is 4.31 Å². The number of hydrogen-bond acceptors (Lipinski definition) is 6. The highest BCUT2D eigenvalue weighted by Gasteiger charge is 2.27. The second-order valence-corrected chi connectivity index (χ2v) is 9.48. The summed E-state index contributed by atoms with van der Waals surface area (Å²) in [5.74, 6) is -0.267. The summed E-state index contributed by atoms with van der Waals surface area (Å²) < 4.78 is 37.1. The van der Waals surface area contributed by atoms with Crippen molar-refractivity contribution in [2.75, 3.05) is 33.4 Å². The molecule has 0 N–H and O–H groups in total. The zero-order chi connectivity index (χ0) is 23.1. The van der Waals surface area contributed by atoms with Crippen LogP contribution in [0.4, 0.5) is 0 Å². The van der Waals surface area contributed by atoms with Crippen LogP contribution in [0.25, 0.3) is 0 Å². The molecule has 2 aromatic carbocycles. The number of hydrogen-bond donors (Lipinski definition) is 0. The zero-order valence-corrected chi connectivity index (χ0v) is 19.1. The normalized spacial score (nSPS) is 14.2. The van der Waals surface area contributed by atoms with Gasteiger partial charge < -0.3 is 14.4 Å². The molecule has 0 aromatic heterocycles. The predicted molar refractivity (Wildman–Crippen MR) is 119 cm³/mol. The molecular formula is C23H28N2O6S. The number of carbonyl (C=O) groups excluding carboxylic acids is 2. The lowest BCUT2D eigenvalue weighted by Crippen LogP contribution is -2.30. The molecule has 2 aromatic rings. The molecule has 1 aliphatic rings. The van der Waals surface area contributed by atoms with E-state index >= 15 is 0 Å². The van der Waals surface area contributed by atoms with Crippen molar-refractivity contribution in [3.05, 3.63) is 59.7 Å². The molecule has 8 nitrogen and oxygen atoms in total. The zero-order valence-electron chi connectivity index (χ0n) is 18.3. The van der Waals surface area contributed by atoms with Gasteiger partial charge in [-0.25, -0.2) is 13.2 Å². The number of amides is 1. The van der Waals surface area contributed by atoms with Crippen LogP contribution in [0.3, 0.4) is 0 Å². The lowest BCUT2D eigenvalue weighted by Gasteiger charge is -2.17. The fourth-order valence-electron chi connectivity index (χ4n) is 3.38. The molecule has 32 heavy (non-hydrogen) atoms. The van der Waals surface area contributed by atoms with Crippen LogP contribution < -0.4 is 4.74 Å². The first kappa shape index (κ1) is 23.7. The molecule has 0 unspecified atom stereocenters. The summed E-state index contributed by atoms with van der Waals surface area (Å²) in [4.78, 5) is 26.2. The molecule has 0 bridgehead atoms. The van der Waals surface area contributed by atoms with Gasteiger partial charge in [-0.1, -0.05) is 12.1 Å². The second kappa shape index (κ2) is 10.6. The first-order valence-electron chi connectivity index (χ1n) is 10.5. The highest BCUT2D eigenvalue weighted by Crippen LogP contribution is 2.21. The Morgan fingerprint density at radius 2 is 1.62 bits per heavy atom. The van der Waals surface area contributed by atoms with E-state index in [1.165, 1.54) is 33.5 Å². The molecule has 1 amide bonds. The van der Waals surface area contributed by atoms with Crippen LogP contribution >= 0.6 is 0 Å². The number of rotatable bonds is 9. The molecule has 0 spiro atoms. The minimum absolute atomic E-state index is 0.141. The molecule has 0 atom stereocenters. The summed E-state index contributed by atoms with van der Waals surface area (Å²) in [6.45, 7) is 3.48. The molecule has 0 aliphatic carbocycles. The molecule has 1 aliphatic heterocycles. The minimum atomic E-state index is -3.54. The van der Waals surface area contributed by atoms with E-state index in [9.17, 15) is 18.0 Å². The Hall–Kier alpha value is -2.91. The quantitative estimate of drug-likeness (QED) is 0.534. The molecule has 0 radical (unpaired) electrons. The molecule has 1 heterocycles. The Balaban J connectivity index is 1.51. The topological polar surface area (TPSA) is 93.2 Å². The second-order valence-electron chi connectivity index (χ2n) is 7.54. The number of ether oxygens (including phenoxy) is 2. The fraction of sp³-hybridized carbons (Fsp3) is 0.391. The standard InChI is InChI=1S/C23H28N2O6S/c1-3-30-20-10-6-18(7-11-20)16-24(2)22(26)17-31-23(27)19-8-12-21(13-9-19)32(28,29)25-14-4-5-15-25/h6-13H,3-5,14-17H2,1-2H3. The van der Waals surface area contributed by atoms with Crippen molar-refractivity contribution in [1.29, 1.82) is 0 Å². The van der Waals surface area contributed by atoms with Crippen LogP contribution in [-0.2, 0) is 26.1 Å². The SMILES string of the molecule is CCOc1ccc(CN(C)C(=O)COC(=O)c2ccc(S(=O)(=O)N3CCCC3)cc2)cc1. The van der Waals surface area contributed by atoms with Crippen molar-refractivity contribution in [3.63, 3.8) is 0 Å². The Bertz CT molecular complexity index is 1030. The summed E-state index contributed by atoms with van der Waals surface area (Å²) in [6, 6.07) is 13.0. The van der Waals surface area contributed by atoms with Crippen molar-refractivity contribution in [3.8, 4) is 5.75 Å². The number of sulfonamides is 1. The first-order chi connectivity index (χ1) is 15.3. The van der Waals surface area contributed by atoms with Gasteiger partial charge in [0.2, 0.25) is 10.0 Å². The smallest absolute Gasteiger partial charge is 0.338 e. The number of esters is 1. The van der Waals surface area contributed by atoms with E-state index in [4.69, 9.17) is 9.47 Å². The summed E-state index contributed by atoms with van der Waals surface area (Å²) >= 11 is 0.